The zero-order chi connectivity index (χ0) is 14.5. The monoisotopic (exact) mass is 279 g/mol. The van der Waals surface area contributed by atoms with Gasteiger partial charge in [0.2, 0.25) is 0 Å². The van der Waals surface area contributed by atoms with Gasteiger partial charge < -0.3 is 4.74 Å². The molecule has 1 unspecified atom stereocenters. The fourth-order valence-corrected chi connectivity index (χ4v) is 2.56. The van der Waals surface area contributed by atoms with E-state index in [-0.39, 0.29) is 24.4 Å². The highest BCUT2D eigenvalue weighted by Crippen LogP contribution is 2.28. The van der Waals surface area contributed by atoms with Gasteiger partial charge in [0.15, 0.2) is 5.78 Å². The summed E-state index contributed by atoms with van der Waals surface area (Å²) in [5, 5.41) is 8.41. The normalized spacial score (nSPS) is 20.1. The molecule has 1 aromatic rings. The maximum atomic E-state index is 11.8. The average molecular weight is 279 g/mol. The molecule has 5 nitrogen and oxygen atoms in total. The maximum absolute atomic E-state index is 11.8. The average Bonchev–Trinajstić information content (AvgIpc) is 2.81. The third kappa shape index (κ3) is 3.66. The van der Waals surface area contributed by atoms with Crippen LogP contribution in [-0.2, 0) is 23.0 Å². The number of ketones is 1. The van der Waals surface area contributed by atoms with Gasteiger partial charge in [0.1, 0.15) is 18.4 Å². The fraction of sp³-hybridized carbons (Fsp3) is 0.800. The minimum atomic E-state index is -0.0838. The number of ether oxygens (including phenoxy) is 1. The summed E-state index contributed by atoms with van der Waals surface area (Å²) in [5.74, 6) is 0.169. The van der Waals surface area contributed by atoms with Gasteiger partial charge in [0.05, 0.1) is 5.69 Å². The topological polar surface area (TPSA) is 57.0 Å². The van der Waals surface area contributed by atoms with E-state index in [1.54, 1.807) is 0 Å². The zero-order valence-electron chi connectivity index (χ0n) is 12.8. The van der Waals surface area contributed by atoms with Gasteiger partial charge in [-0.2, -0.15) is 0 Å². The Morgan fingerprint density at radius 1 is 1.35 bits per heavy atom. The van der Waals surface area contributed by atoms with E-state index in [1.807, 2.05) is 25.6 Å². The van der Waals surface area contributed by atoms with Gasteiger partial charge in [-0.1, -0.05) is 38.3 Å². The van der Waals surface area contributed by atoms with Crippen molar-refractivity contribution in [2.75, 3.05) is 6.61 Å². The third-order valence-electron chi connectivity index (χ3n) is 3.98. The molecule has 0 aromatic carbocycles. The molecule has 20 heavy (non-hydrogen) atoms. The van der Waals surface area contributed by atoms with E-state index in [0.29, 0.717) is 0 Å². The summed E-state index contributed by atoms with van der Waals surface area (Å²) in [6, 6.07) is 0. The second kappa shape index (κ2) is 6.97. The molecule has 1 aliphatic rings. The molecule has 0 radical (unpaired) electrons. The van der Waals surface area contributed by atoms with Gasteiger partial charge in [-0.3, -0.25) is 9.48 Å². The van der Waals surface area contributed by atoms with Crippen molar-refractivity contribution in [3.63, 3.8) is 0 Å². The van der Waals surface area contributed by atoms with Crippen molar-refractivity contribution in [2.24, 2.45) is 13.0 Å². The minimum Gasteiger partial charge on any atom is -0.364 e. The molecule has 0 amide bonds. The molecule has 1 atom stereocenters. The molecule has 0 saturated heterocycles. The van der Waals surface area contributed by atoms with E-state index in [9.17, 15) is 4.79 Å². The second-order valence-electron chi connectivity index (χ2n) is 5.92. The van der Waals surface area contributed by atoms with Crippen LogP contribution in [0.2, 0.25) is 0 Å². The molecule has 112 valence electrons. The number of aryl methyl sites for hydroxylation is 1. The summed E-state index contributed by atoms with van der Waals surface area (Å²) >= 11 is 0. The molecular weight excluding hydrogens is 254 g/mol. The van der Waals surface area contributed by atoms with E-state index in [1.165, 1.54) is 19.3 Å². The number of fused-ring (bicyclic) bond motifs is 1. The summed E-state index contributed by atoms with van der Waals surface area (Å²) < 4.78 is 7.72. The molecule has 2 rings (SSSR count). The SMILES string of the molecule is CC(C)C(=O)COC1CCCCCCc2c1nnn2C. The Balaban J connectivity index is 2.11. The minimum absolute atomic E-state index is 0.0210. The van der Waals surface area contributed by atoms with Crippen molar-refractivity contribution in [3.8, 4) is 0 Å². The van der Waals surface area contributed by atoms with Crippen molar-refractivity contribution >= 4 is 5.78 Å². The molecule has 5 heteroatoms. The number of nitrogens with zero attached hydrogens (tertiary/aromatic N) is 3. The van der Waals surface area contributed by atoms with Crippen LogP contribution in [0.15, 0.2) is 0 Å². The maximum Gasteiger partial charge on any atom is 0.161 e. The fourth-order valence-electron chi connectivity index (χ4n) is 2.56. The van der Waals surface area contributed by atoms with Crippen molar-refractivity contribution in [1.29, 1.82) is 0 Å². The number of aromatic nitrogens is 3. The lowest BCUT2D eigenvalue weighted by atomic mass is 10.1. The molecular formula is C15H25N3O2. The van der Waals surface area contributed by atoms with Crippen LogP contribution < -0.4 is 0 Å². The van der Waals surface area contributed by atoms with Gasteiger partial charge in [-0.25, -0.2) is 0 Å². The first-order valence-corrected chi connectivity index (χ1v) is 7.62. The van der Waals surface area contributed by atoms with Crippen LogP contribution >= 0.6 is 0 Å². The highest BCUT2D eigenvalue weighted by atomic mass is 16.5. The molecule has 1 heterocycles. The number of carbonyl (C=O) groups is 1. The molecule has 0 bridgehead atoms. The van der Waals surface area contributed by atoms with Crippen LogP contribution in [0, 0.1) is 5.92 Å². The highest BCUT2D eigenvalue weighted by Gasteiger charge is 2.23. The Kier molecular flexibility index (Phi) is 5.29. The molecule has 0 aliphatic heterocycles. The van der Waals surface area contributed by atoms with E-state index in [0.717, 1.165) is 30.7 Å². The molecule has 0 spiro atoms. The smallest absolute Gasteiger partial charge is 0.161 e. The van der Waals surface area contributed by atoms with E-state index < -0.39 is 0 Å². The first-order valence-electron chi connectivity index (χ1n) is 7.62. The Bertz CT molecular complexity index is 454. The Hall–Kier alpha value is -1.23. The number of Topliss-reactive ketones (excluding diaryl/α,β-unsaturated/α-hetero) is 1. The second-order valence-corrected chi connectivity index (χ2v) is 5.92. The van der Waals surface area contributed by atoms with E-state index >= 15 is 0 Å². The van der Waals surface area contributed by atoms with E-state index in [4.69, 9.17) is 4.74 Å². The zero-order valence-corrected chi connectivity index (χ0v) is 12.8. The first-order chi connectivity index (χ1) is 9.59. The molecule has 1 aromatic heterocycles. The summed E-state index contributed by atoms with van der Waals surface area (Å²) in [4.78, 5) is 11.8. The van der Waals surface area contributed by atoms with E-state index in [2.05, 4.69) is 10.3 Å². The predicted octanol–water partition coefficient (Wildman–Crippen LogP) is 2.60. The first kappa shape index (κ1) is 15.2. The van der Waals surface area contributed by atoms with Crippen molar-refractivity contribution in [1.82, 2.24) is 15.0 Å². The molecule has 0 N–H and O–H groups in total. The summed E-state index contributed by atoms with van der Waals surface area (Å²) in [5.41, 5.74) is 2.10. The summed E-state index contributed by atoms with van der Waals surface area (Å²) in [6.45, 7) is 3.99. The van der Waals surface area contributed by atoms with Crippen LogP contribution in [0.5, 0.6) is 0 Å². The largest absolute Gasteiger partial charge is 0.364 e. The van der Waals surface area contributed by atoms with Crippen LogP contribution in [0.25, 0.3) is 0 Å². The Morgan fingerprint density at radius 2 is 2.10 bits per heavy atom. The lowest BCUT2D eigenvalue weighted by molar-refractivity contribution is -0.128. The van der Waals surface area contributed by atoms with Gasteiger partial charge in [-0.15, -0.1) is 5.10 Å². The standard InChI is InChI=1S/C15H25N3O2/c1-11(2)13(19)10-20-14-9-7-5-4-6-8-12-15(14)16-17-18(12)3/h11,14H,4-10H2,1-3H3. The summed E-state index contributed by atoms with van der Waals surface area (Å²) in [6.07, 6.45) is 6.59. The van der Waals surface area contributed by atoms with Crippen LogP contribution in [0.4, 0.5) is 0 Å². The molecule has 0 fully saturated rings. The van der Waals surface area contributed by atoms with Crippen molar-refractivity contribution < 1.29 is 9.53 Å². The molecule has 1 aliphatic carbocycles. The quantitative estimate of drug-likeness (QED) is 0.850. The molecule has 0 saturated carbocycles. The van der Waals surface area contributed by atoms with Crippen molar-refractivity contribution in [3.05, 3.63) is 11.4 Å². The van der Waals surface area contributed by atoms with Gasteiger partial charge >= 0.3 is 0 Å². The van der Waals surface area contributed by atoms with Crippen LogP contribution in [0.3, 0.4) is 0 Å². The Labute approximate surface area is 120 Å². The van der Waals surface area contributed by atoms with Gasteiger partial charge in [-0.05, 0) is 19.3 Å². The number of rotatable bonds is 4. The number of hydrogen-bond acceptors (Lipinski definition) is 4. The van der Waals surface area contributed by atoms with Crippen LogP contribution in [0.1, 0.15) is 63.4 Å². The lowest BCUT2D eigenvalue weighted by Gasteiger charge is -2.16. The number of hydrogen-bond donors (Lipinski definition) is 0. The summed E-state index contributed by atoms with van der Waals surface area (Å²) in [7, 11) is 1.93. The highest BCUT2D eigenvalue weighted by molar-refractivity contribution is 5.81. The predicted molar refractivity (Wildman–Crippen MR) is 76.3 cm³/mol. The van der Waals surface area contributed by atoms with Gasteiger partial charge in [0.25, 0.3) is 0 Å². The van der Waals surface area contributed by atoms with Crippen molar-refractivity contribution in [2.45, 2.75) is 58.5 Å². The third-order valence-corrected chi connectivity index (χ3v) is 3.98. The number of carbonyl (C=O) groups excluding carboxylic acids is 1. The van der Waals surface area contributed by atoms with Gasteiger partial charge in [0, 0.05) is 13.0 Å². The Morgan fingerprint density at radius 3 is 2.85 bits per heavy atom. The van der Waals surface area contributed by atoms with Crippen LogP contribution in [-0.4, -0.2) is 27.4 Å². The lowest BCUT2D eigenvalue weighted by Crippen LogP contribution is -2.18.